The van der Waals surface area contributed by atoms with E-state index in [1.54, 1.807) is 11.3 Å². The van der Waals surface area contributed by atoms with Gasteiger partial charge < -0.3 is 0 Å². The highest BCUT2D eigenvalue weighted by atomic mass is 32.1. The monoisotopic (exact) mass is 153 g/mol. The molecule has 1 aliphatic heterocycles. The van der Waals surface area contributed by atoms with Gasteiger partial charge in [-0.05, 0) is 19.3 Å². The molecule has 0 spiro atoms. The summed E-state index contributed by atoms with van der Waals surface area (Å²) < 4.78 is 0. The first-order valence-corrected chi connectivity index (χ1v) is 4.44. The third kappa shape index (κ3) is 1.01. The van der Waals surface area contributed by atoms with Crippen LogP contribution in [0.15, 0.2) is 5.51 Å². The minimum Gasteiger partial charge on any atom is -0.273 e. The Morgan fingerprint density at radius 1 is 1.40 bits per heavy atom. The van der Waals surface area contributed by atoms with Crippen molar-refractivity contribution in [2.75, 3.05) is 6.54 Å². The average Bonchev–Trinajstić information content (AvgIpc) is 2.28. The van der Waals surface area contributed by atoms with Gasteiger partial charge in [0.05, 0.1) is 11.2 Å². The van der Waals surface area contributed by atoms with Gasteiger partial charge in [0.1, 0.15) is 5.00 Å². The second kappa shape index (κ2) is 2.58. The summed E-state index contributed by atoms with van der Waals surface area (Å²) in [6.07, 6.45) is 3.60. The van der Waals surface area contributed by atoms with E-state index in [0.717, 1.165) is 18.0 Å². The van der Waals surface area contributed by atoms with E-state index in [-0.39, 0.29) is 0 Å². The van der Waals surface area contributed by atoms with Crippen LogP contribution >= 0.6 is 11.3 Å². The molecule has 3 heteroatoms. The maximum atomic E-state index is 4.40. The molecule has 0 amide bonds. The summed E-state index contributed by atoms with van der Waals surface area (Å²) in [6, 6.07) is 0. The smallest absolute Gasteiger partial charge is 0.133 e. The molecule has 0 fully saturated rings. The average molecular weight is 153 g/mol. The molecule has 1 aromatic rings. The number of fused-ring (bicyclic) bond motifs is 1. The topological polar surface area (TPSA) is 27.0 Å². The van der Waals surface area contributed by atoms with Gasteiger partial charge in [-0.15, -0.1) is 11.3 Å². The van der Waals surface area contributed by atoms with Crippen LogP contribution in [-0.2, 0) is 6.42 Å². The molecule has 0 aliphatic carbocycles. The molecular weight excluding hydrogens is 144 g/mol. The Kier molecular flexibility index (Phi) is 1.59. The van der Waals surface area contributed by atoms with Crippen molar-refractivity contribution in [1.29, 1.82) is 0 Å². The van der Waals surface area contributed by atoms with Crippen LogP contribution in [0.2, 0.25) is 0 Å². The fourth-order valence-electron chi connectivity index (χ4n) is 1.15. The minimum atomic E-state index is 0.995. The van der Waals surface area contributed by atoms with Crippen LogP contribution in [0.1, 0.15) is 18.5 Å². The summed E-state index contributed by atoms with van der Waals surface area (Å²) in [5.74, 6) is 0. The van der Waals surface area contributed by atoms with Crippen LogP contribution in [-0.4, -0.2) is 11.5 Å². The minimum absolute atomic E-state index is 0.995. The molecule has 2 heterocycles. The normalized spacial score (nSPS) is 17.2. The maximum absolute atomic E-state index is 4.40. The van der Waals surface area contributed by atoms with Crippen molar-refractivity contribution >= 4 is 16.3 Å². The number of hydrogen-bond acceptors (Lipinski definition) is 2. The van der Waals surface area contributed by atoms with E-state index in [2.05, 4.69) is 10.3 Å². The number of aromatic nitrogens is 1. The largest absolute Gasteiger partial charge is 0.273 e. The Morgan fingerprint density at radius 2 is 2.40 bits per heavy atom. The Bertz CT molecular complexity index is 199. The maximum Gasteiger partial charge on any atom is 0.133 e. The molecule has 0 unspecified atom stereocenters. The molecule has 1 radical (unpaired) electrons. The van der Waals surface area contributed by atoms with Crippen molar-refractivity contribution in [3.05, 3.63) is 11.2 Å². The van der Waals surface area contributed by atoms with Gasteiger partial charge >= 0.3 is 0 Å². The number of nitrogens with zero attached hydrogens (tertiary/aromatic N) is 2. The van der Waals surface area contributed by atoms with E-state index < -0.39 is 0 Å². The number of thiazole rings is 1. The van der Waals surface area contributed by atoms with Gasteiger partial charge in [-0.1, -0.05) is 0 Å². The van der Waals surface area contributed by atoms with Gasteiger partial charge in [0, 0.05) is 6.54 Å². The first kappa shape index (κ1) is 6.16. The van der Waals surface area contributed by atoms with E-state index in [0.29, 0.717) is 0 Å². The van der Waals surface area contributed by atoms with Crippen LogP contribution in [0.25, 0.3) is 0 Å². The lowest BCUT2D eigenvalue weighted by Crippen LogP contribution is -1.94. The molecule has 0 aromatic carbocycles. The third-order valence-corrected chi connectivity index (χ3v) is 2.50. The Labute approximate surface area is 64.3 Å². The van der Waals surface area contributed by atoms with Crippen LogP contribution in [0.5, 0.6) is 0 Å². The van der Waals surface area contributed by atoms with Gasteiger partial charge in [-0.3, -0.25) is 5.32 Å². The number of aryl methyl sites for hydroxylation is 1. The molecule has 10 heavy (non-hydrogen) atoms. The van der Waals surface area contributed by atoms with Crippen LogP contribution in [0, 0.1) is 0 Å². The van der Waals surface area contributed by atoms with Crippen molar-refractivity contribution in [2.45, 2.75) is 19.3 Å². The van der Waals surface area contributed by atoms with Crippen LogP contribution < -0.4 is 5.32 Å². The number of rotatable bonds is 0. The van der Waals surface area contributed by atoms with E-state index >= 15 is 0 Å². The highest BCUT2D eigenvalue weighted by Gasteiger charge is 2.09. The summed E-state index contributed by atoms with van der Waals surface area (Å²) in [4.78, 5) is 4.24. The molecule has 1 aliphatic rings. The van der Waals surface area contributed by atoms with Crippen LogP contribution in [0.4, 0.5) is 5.00 Å². The summed E-state index contributed by atoms with van der Waals surface area (Å²) in [5.41, 5.74) is 3.10. The summed E-state index contributed by atoms with van der Waals surface area (Å²) in [5, 5.41) is 5.57. The van der Waals surface area contributed by atoms with Crippen molar-refractivity contribution in [2.24, 2.45) is 0 Å². The fourth-order valence-corrected chi connectivity index (χ4v) is 1.88. The van der Waals surface area contributed by atoms with E-state index in [1.807, 2.05) is 5.51 Å². The van der Waals surface area contributed by atoms with E-state index in [9.17, 15) is 0 Å². The van der Waals surface area contributed by atoms with Gasteiger partial charge in [0.25, 0.3) is 0 Å². The van der Waals surface area contributed by atoms with E-state index in [1.165, 1.54) is 18.5 Å². The standard InChI is InChI=1S/C7H9N2S/c1-2-4-8-7-6(3-1)9-5-10-7/h5H,1-4H2. The molecular formula is C7H9N2S. The lowest BCUT2D eigenvalue weighted by Gasteiger charge is -1.92. The zero-order chi connectivity index (χ0) is 6.81. The molecule has 2 rings (SSSR count). The van der Waals surface area contributed by atoms with Crippen molar-refractivity contribution < 1.29 is 0 Å². The summed E-state index contributed by atoms with van der Waals surface area (Å²) >= 11 is 1.66. The van der Waals surface area contributed by atoms with Crippen molar-refractivity contribution in [3.8, 4) is 0 Å². The summed E-state index contributed by atoms with van der Waals surface area (Å²) in [7, 11) is 0. The van der Waals surface area contributed by atoms with Gasteiger partial charge in [0.2, 0.25) is 0 Å². The SMILES string of the molecule is c1nc2c(s1)[N]CCCC2. The molecule has 53 valence electrons. The van der Waals surface area contributed by atoms with Gasteiger partial charge in [-0.25, -0.2) is 4.98 Å². The molecule has 1 aromatic heterocycles. The zero-order valence-electron chi connectivity index (χ0n) is 5.71. The van der Waals surface area contributed by atoms with E-state index in [4.69, 9.17) is 0 Å². The van der Waals surface area contributed by atoms with Crippen LogP contribution in [0.3, 0.4) is 0 Å². The first-order valence-electron chi connectivity index (χ1n) is 3.57. The second-order valence-electron chi connectivity index (χ2n) is 2.44. The second-order valence-corrected chi connectivity index (χ2v) is 3.28. The Balaban J connectivity index is 2.28. The Morgan fingerprint density at radius 3 is 3.40 bits per heavy atom. The molecule has 0 atom stereocenters. The highest BCUT2D eigenvalue weighted by Crippen LogP contribution is 2.24. The highest BCUT2D eigenvalue weighted by molar-refractivity contribution is 7.13. The van der Waals surface area contributed by atoms with Crippen molar-refractivity contribution in [3.63, 3.8) is 0 Å². The predicted molar refractivity (Wildman–Crippen MR) is 41.7 cm³/mol. The predicted octanol–water partition coefficient (Wildman–Crippen LogP) is 1.72. The molecule has 0 saturated carbocycles. The van der Waals surface area contributed by atoms with Gasteiger partial charge in [-0.2, -0.15) is 0 Å². The Hall–Kier alpha value is -0.570. The fraction of sp³-hybridized carbons (Fsp3) is 0.571. The first-order chi connectivity index (χ1) is 4.97. The molecule has 0 bridgehead atoms. The van der Waals surface area contributed by atoms with Gasteiger partial charge in [0.15, 0.2) is 0 Å². The lowest BCUT2D eigenvalue weighted by atomic mass is 10.2. The quantitative estimate of drug-likeness (QED) is 0.557. The van der Waals surface area contributed by atoms with Crippen molar-refractivity contribution in [1.82, 2.24) is 10.3 Å². The molecule has 2 nitrogen and oxygen atoms in total. The zero-order valence-corrected chi connectivity index (χ0v) is 6.52. The summed E-state index contributed by atoms with van der Waals surface area (Å²) in [6.45, 7) is 0.995. The molecule has 0 N–H and O–H groups in total. The third-order valence-electron chi connectivity index (χ3n) is 1.70. The molecule has 0 saturated heterocycles. The lowest BCUT2D eigenvalue weighted by molar-refractivity contribution is 0.724. The number of hydrogen-bond donors (Lipinski definition) is 0.